The minimum atomic E-state index is -0.163. The summed E-state index contributed by atoms with van der Waals surface area (Å²) in [7, 11) is 0. The molecule has 1 heterocycles. The first kappa shape index (κ1) is 7.73. The lowest BCUT2D eigenvalue weighted by Gasteiger charge is -2.21. The van der Waals surface area contributed by atoms with Crippen LogP contribution in [0.1, 0.15) is 33.6 Å². The summed E-state index contributed by atoms with van der Waals surface area (Å²) in [4.78, 5) is 4.45. The zero-order valence-corrected chi connectivity index (χ0v) is 6.98. The van der Waals surface area contributed by atoms with Gasteiger partial charge >= 0.3 is 0 Å². The summed E-state index contributed by atoms with van der Waals surface area (Å²) in [5, 5.41) is 0. The summed E-state index contributed by atoms with van der Waals surface area (Å²) in [6, 6.07) is 0. The Morgan fingerprint density at radius 1 is 1.50 bits per heavy atom. The maximum Gasteiger partial charge on any atom is 0.158 e. The van der Waals surface area contributed by atoms with Gasteiger partial charge in [0.2, 0.25) is 0 Å². The Labute approximate surface area is 62.3 Å². The van der Waals surface area contributed by atoms with Gasteiger partial charge in [-0.2, -0.15) is 0 Å². The summed E-state index contributed by atoms with van der Waals surface area (Å²) in [5.41, 5.74) is 0.966. The third-order valence-electron chi connectivity index (χ3n) is 2.05. The second-order valence-corrected chi connectivity index (χ2v) is 2.79. The van der Waals surface area contributed by atoms with Crippen LogP contribution in [0.25, 0.3) is 0 Å². The summed E-state index contributed by atoms with van der Waals surface area (Å²) in [6.45, 7) is 6.98. The molecule has 2 heteroatoms. The maximum atomic E-state index is 5.55. The van der Waals surface area contributed by atoms with Crippen molar-refractivity contribution in [3.8, 4) is 0 Å². The highest BCUT2D eigenvalue weighted by atomic mass is 16.5. The van der Waals surface area contributed by atoms with Gasteiger partial charge in [0.05, 0.1) is 6.61 Å². The summed E-state index contributed by atoms with van der Waals surface area (Å²) < 4.78 is 5.55. The topological polar surface area (TPSA) is 21.6 Å². The smallest absolute Gasteiger partial charge is 0.158 e. The number of hydrogen-bond donors (Lipinski definition) is 0. The molecule has 0 fully saturated rings. The van der Waals surface area contributed by atoms with Crippen LogP contribution in [-0.2, 0) is 4.74 Å². The van der Waals surface area contributed by atoms with E-state index in [0.29, 0.717) is 0 Å². The molecule has 0 amide bonds. The number of nitrogens with zero attached hydrogens (tertiary/aromatic N) is 1. The lowest BCUT2D eigenvalue weighted by Crippen LogP contribution is -2.23. The van der Waals surface area contributed by atoms with Crippen LogP contribution in [0, 0.1) is 0 Å². The molecule has 0 spiro atoms. The van der Waals surface area contributed by atoms with Gasteiger partial charge < -0.3 is 4.74 Å². The fourth-order valence-corrected chi connectivity index (χ4v) is 1.26. The Balaban J connectivity index is 2.68. The summed E-state index contributed by atoms with van der Waals surface area (Å²) in [6.07, 6.45) is 1.97. The van der Waals surface area contributed by atoms with Crippen LogP contribution in [0.2, 0.25) is 0 Å². The van der Waals surface area contributed by atoms with Crippen molar-refractivity contribution in [2.24, 2.45) is 4.99 Å². The third kappa shape index (κ3) is 1.21. The molecule has 58 valence electrons. The van der Waals surface area contributed by atoms with Gasteiger partial charge in [0.1, 0.15) is 0 Å². The van der Waals surface area contributed by atoms with E-state index in [1.807, 2.05) is 6.92 Å². The molecular weight excluding hydrogens is 126 g/mol. The Morgan fingerprint density at radius 3 is 2.30 bits per heavy atom. The largest absolute Gasteiger partial charge is 0.348 e. The van der Waals surface area contributed by atoms with Gasteiger partial charge in [-0.25, -0.2) is 0 Å². The number of ether oxygens (including phenoxy) is 1. The van der Waals surface area contributed by atoms with Crippen molar-refractivity contribution in [3.05, 3.63) is 0 Å². The molecule has 0 aromatic heterocycles. The molecule has 0 N–H and O–H groups in total. The predicted molar refractivity (Wildman–Crippen MR) is 42.4 cm³/mol. The second kappa shape index (κ2) is 2.70. The predicted octanol–water partition coefficient (Wildman–Crippen LogP) is 1.99. The van der Waals surface area contributed by atoms with E-state index in [9.17, 15) is 0 Å². The Morgan fingerprint density at radius 2 is 2.10 bits per heavy atom. The van der Waals surface area contributed by atoms with Gasteiger partial charge in [-0.3, -0.25) is 4.99 Å². The fraction of sp³-hybridized carbons (Fsp3) is 0.875. The lowest BCUT2D eigenvalue weighted by molar-refractivity contribution is -0.00626. The van der Waals surface area contributed by atoms with Gasteiger partial charge in [-0.15, -0.1) is 0 Å². The van der Waals surface area contributed by atoms with Crippen molar-refractivity contribution in [1.29, 1.82) is 0 Å². The van der Waals surface area contributed by atoms with E-state index < -0.39 is 0 Å². The normalized spacial score (nSPS) is 22.9. The molecule has 2 nitrogen and oxygen atoms in total. The number of hydrogen-bond acceptors (Lipinski definition) is 2. The first-order valence-electron chi connectivity index (χ1n) is 3.91. The molecular formula is C8H15NO. The van der Waals surface area contributed by atoms with Gasteiger partial charge in [0.25, 0.3) is 0 Å². The molecule has 0 aromatic carbocycles. The molecule has 1 aliphatic rings. The van der Waals surface area contributed by atoms with Crippen molar-refractivity contribution < 1.29 is 4.74 Å². The maximum absolute atomic E-state index is 5.55. The SMILES string of the molecule is CCC1(CC)N=C(C)CO1. The molecule has 0 unspecified atom stereocenters. The van der Waals surface area contributed by atoms with E-state index >= 15 is 0 Å². The van der Waals surface area contributed by atoms with Crippen LogP contribution in [0.3, 0.4) is 0 Å². The first-order chi connectivity index (χ1) is 4.72. The molecule has 0 radical (unpaired) electrons. The average Bonchev–Trinajstić information content (AvgIpc) is 2.33. The number of rotatable bonds is 2. The molecule has 0 aliphatic carbocycles. The Kier molecular flexibility index (Phi) is 2.09. The lowest BCUT2D eigenvalue weighted by atomic mass is 10.1. The van der Waals surface area contributed by atoms with Crippen molar-refractivity contribution in [1.82, 2.24) is 0 Å². The molecule has 0 atom stereocenters. The minimum Gasteiger partial charge on any atom is -0.348 e. The molecule has 0 bridgehead atoms. The van der Waals surface area contributed by atoms with E-state index in [1.165, 1.54) is 0 Å². The van der Waals surface area contributed by atoms with Crippen molar-refractivity contribution >= 4 is 5.71 Å². The Bertz CT molecular complexity index is 147. The van der Waals surface area contributed by atoms with E-state index in [-0.39, 0.29) is 5.72 Å². The summed E-state index contributed by atoms with van der Waals surface area (Å²) >= 11 is 0. The Hall–Kier alpha value is -0.370. The van der Waals surface area contributed by atoms with Crippen LogP contribution in [0.4, 0.5) is 0 Å². The average molecular weight is 141 g/mol. The molecule has 0 aromatic rings. The van der Waals surface area contributed by atoms with Crippen LogP contribution in [-0.4, -0.2) is 18.0 Å². The standard InChI is InChI=1S/C8H15NO/c1-4-8(5-2)9-7(3)6-10-8/h4-6H2,1-3H3. The highest BCUT2D eigenvalue weighted by molar-refractivity contribution is 5.84. The first-order valence-corrected chi connectivity index (χ1v) is 3.91. The second-order valence-electron chi connectivity index (χ2n) is 2.79. The molecule has 1 aliphatic heterocycles. The van der Waals surface area contributed by atoms with Gasteiger partial charge in [-0.1, -0.05) is 13.8 Å². The van der Waals surface area contributed by atoms with Crippen LogP contribution in [0.15, 0.2) is 4.99 Å². The fourth-order valence-electron chi connectivity index (χ4n) is 1.26. The highest BCUT2D eigenvalue weighted by Crippen LogP contribution is 2.26. The van der Waals surface area contributed by atoms with E-state index in [4.69, 9.17) is 4.74 Å². The zero-order chi connectivity index (χ0) is 7.61. The van der Waals surface area contributed by atoms with E-state index in [2.05, 4.69) is 18.8 Å². The minimum absolute atomic E-state index is 0.163. The van der Waals surface area contributed by atoms with Crippen molar-refractivity contribution in [2.75, 3.05) is 6.61 Å². The van der Waals surface area contributed by atoms with Gasteiger partial charge in [-0.05, 0) is 19.8 Å². The third-order valence-corrected chi connectivity index (χ3v) is 2.05. The van der Waals surface area contributed by atoms with Crippen LogP contribution in [0.5, 0.6) is 0 Å². The van der Waals surface area contributed by atoms with Gasteiger partial charge in [0, 0.05) is 5.71 Å². The quantitative estimate of drug-likeness (QED) is 0.576. The summed E-state index contributed by atoms with van der Waals surface area (Å²) in [5.74, 6) is 0. The van der Waals surface area contributed by atoms with Crippen molar-refractivity contribution in [2.45, 2.75) is 39.3 Å². The van der Waals surface area contributed by atoms with Crippen LogP contribution < -0.4 is 0 Å². The van der Waals surface area contributed by atoms with Crippen molar-refractivity contribution in [3.63, 3.8) is 0 Å². The number of aliphatic imine (C=N–C) groups is 1. The van der Waals surface area contributed by atoms with E-state index in [0.717, 1.165) is 25.2 Å². The molecule has 0 saturated carbocycles. The molecule has 0 saturated heterocycles. The van der Waals surface area contributed by atoms with Gasteiger partial charge in [0.15, 0.2) is 5.72 Å². The van der Waals surface area contributed by atoms with Crippen LogP contribution >= 0.6 is 0 Å². The molecule has 1 rings (SSSR count). The van der Waals surface area contributed by atoms with E-state index in [1.54, 1.807) is 0 Å². The zero-order valence-electron chi connectivity index (χ0n) is 6.98. The monoisotopic (exact) mass is 141 g/mol. The highest BCUT2D eigenvalue weighted by Gasteiger charge is 2.30. The molecule has 10 heavy (non-hydrogen) atoms.